The van der Waals surface area contributed by atoms with E-state index in [0.29, 0.717) is 0 Å². The van der Waals surface area contributed by atoms with Crippen molar-refractivity contribution in [2.75, 3.05) is 26.2 Å². The van der Waals surface area contributed by atoms with Crippen molar-refractivity contribution in [3.63, 3.8) is 0 Å². The Morgan fingerprint density at radius 1 is 1.36 bits per heavy atom. The fraction of sp³-hybridized carbons (Fsp3) is 0.545. The second-order valence-electron chi connectivity index (χ2n) is 3.76. The predicted molar refractivity (Wildman–Crippen MR) is 59.4 cm³/mol. The largest absolute Gasteiger partial charge is 0.357 e. The van der Waals surface area contributed by atoms with Gasteiger partial charge in [0.1, 0.15) is 5.84 Å². The first kappa shape index (κ1) is 9.46. The van der Waals surface area contributed by atoms with Gasteiger partial charge in [0.05, 0.1) is 0 Å². The molecular weight excluding hydrogens is 174 g/mol. The second-order valence-corrected chi connectivity index (χ2v) is 3.76. The topological polar surface area (TPSA) is 27.6 Å². The Bertz CT molecular complexity index is 283. The molecule has 1 N–H and O–H groups in total. The smallest absolute Gasteiger partial charge is 0.108 e. The van der Waals surface area contributed by atoms with Gasteiger partial charge in [0, 0.05) is 38.8 Å². The number of amidine groups is 1. The van der Waals surface area contributed by atoms with Crippen molar-refractivity contribution >= 4 is 5.84 Å². The number of hydrogen-bond donors (Lipinski definition) is 1. The molecule has 0 spiro atoms. The molecule has 3 nitrogen and oxygen atoms in total. The normalized spacial score (nSPS) is 22.8. The first-order valence-electron chi connectivity index (χ1n) is 5.22. The Balaban J connectivity index is 2.06. The van der Waals surface area contributed by atoms with Crippen LogP contribution in [-0.2, 0) is 0 Å². The van der Waals surface area contributed by atoms with Crippen molar-refractivity contribution in [2.45, 2.75) is 13.3 Å². The Morgan fingerprint density at radius 2 is 2.14 bits per heavy atom. The number of piperazine rings is 1. The van der Waals surface area contributed by atoms with E-state index in [9.17, 15) is 0 Å². The molecule has 0 aromatic carbocycles. The zero-order chi connectivity index (χ0) is 9.80. The number of nitrogens with one attached hydrogen (secondary N) is 1. The highest BCUT2D eigenvalue weighted by Crippen LogP contribution is 2.07. The van der Waals surface area contributed by atoms with E-state index in [1.807, 2.05) is 6.20 Å². The van der Waals surface area contributed by atoms with E-state index in [2.05, 4.69) is 34.3 Å². The van der Waals surface area contributed by atoms with Crippen molar-refractivity contribution in [3.05, 3.63) is 23.9 Å². The zero-order valence-corrected chi connectivity index (χ0v) is 8.66. The van der Waals surface area contributed by atoms with Gasteiger partial charge in [-0.2, -0.15) is 0 Å². The number of hydrogen-bond acceptors (Lipinski definition) is 3. The molecule has 0 amide bonds. The molecule has 0 atom stereocenters. The summed E-state index contributed by atoms with van der Waals surface area (Å²) >= 11 is 0. The quantitative estimate of drug-likeness (QED) is 0.622. The molecule has 0 aromatic rings. The molecule has 14 heavy (non-hydrogen) atoms. The molecule has 2 heterocycles. The van der Waals surface area contributed by atoms with Crippen LogP contribution in [0, 0.1) is 0 Å². The lowest BCUT2D eigenvalue weighted by Crippen LogP contribution is -2.46. The molecule has 2 aliphatic heterocycles. The molecule has 0 unspecified atom stereocenters. The van der Waals surface area contributed by atoms with Gasteiger partial charge in [-0.05, 0) is 12.5 Å². The molecule has 0 aliphatic carbocycles. The Morgan fingerprint density at radius 3 is 2.93 bits per heavy atom. The van der Waals surface area contributed by atoms with E-state index in [4.69, 9.17) is 0 Å². The lowest BCUT2D eigenvalue weighted by molar-refractivity contribution is 0.353. The lowest BCUT2D eigenvalue weighted by Gasteiger charge is -2.29. The third kappa shape index (κ3) is 2.23. The van der Waals surface area contributed by atoms with Gasteiger partial charge < -0.3 is 10.2 Å². The van der Waals surface area contributed by atoms with Crippen LogP contribution < -0.4 is 5.32 Å². The monoisotopic (exact) mass is 191 g/mol. The van der Waals surface area contributed by atoms with Crippen molar-refractivity contribution in [2.24, 2.45) is 4.99 Å². The van der Waals surface area contributed by atoms with E-state index in [-0.39, 0.29) is 0 Å². The molecule has 76 valence electrons. The van der Waals surface area contributed by atoms with Gasteiger partial charge in [0.15, 0.2) is 0 Å². The average molecular weight is 191 g/mol. The number of allylic oxidation sites excluding steroid dienone is 2. The highest BCUT2D eigenvalue weighted by Gasteiger charge is 2.13. The zero-order valence-electron chi connectivity index (χ0n) is 8.66. The van der Waals surface area contributed by atoms with Crippen LogP contribution in [0.4, 0.5) is 0 Å². The van der Waals surface area contributed by atoms with Gasteiger partial charge >= 0.3 is 0 Å². The van der Waals surface area contributed by atoms with Crippen LogP contribution in [0.1, 0.15) is 13.3 Å². The molecule has 3 heteroatoms. The summed E-state index contributed by atoms with van der Waals surface area (Å²) in [6.45, 7) is 6.40. The maximum absolute atomic E-state index is 4.52. The van der Waals surface area contributed by atoms with Crippen LogP contribution in [0.3, 0.4) is 0 Å². The summed E-state index contributed by atoms with van der Waals surface area (Å²) in [4.78, 5) is 6.89. The van der Waals surface area contributed by atoms with E-state index >= 15 is 0 Å². The van der Waals surface area contributed by atoms with E-state index in [1.54, 1.807) is 0 Å². The molecular formula is C11H17N3. The van der Waals surface area contributed by atoms with Gasteiger partial charge in [-0.15, -0.1) is 0 Å². The summed E-state index contributed by atoms with van der Waals surface area (Å²) in [6, 6.07) is 0. The van der Waals surface area contributed by atoms with Crippen LogP contribution in [0.5, 0.6) is 0 Å². The first-order chi connectivity index (χ1) is 6.86. The Labute approximate surface area is 85.2 Å². The van der Waals surface area contributed by atoms with Crippen molar-refractivity contribution < 1.29 is 0 Å². The van der Waals surface area contributed by atoms with Gasteiger partial charge in [-0.1, -0.05) is 12.2 Å². The summed E-state index contributed by atoms with van der Waals surface area (Å²) in [5, 5.41) is 3.35. The molecule has 2 rings (SSSR count). The predicted octanol–water partition coefficient (Wildman–Crippen LogP) is 1.15. The summed E-state index contributed by atoms with van der Waals surface area (Å²) < 4.78 is 0. The van der Waals surface area contributed by atoms with Crippen LogP contribution in [-0.4, -0.2) is 36.9 Å². The number of nitrogens with zero attached hydrogens (tertiary/aromatic N) is 2. The van der Waals surface area contributed by atoms with Gasteiger partial charge in [-0.3, -0.25) is 0 Å². The third-order valence-electron chi connectivity index (χ3n) is 2.58. The average Bonchev–Trinajstić information content (AvgIpc) is 2.44. The fourth-order valence-corrected chi connectivity index (χ4v) is 1.76. The maximum Gasteiger partial charge on any atom is 0.108 e. The summed E-state index contributed by atoms with van der Waals surface area (Å²) in [5.41, 5.74) is 1.23. The van der Waals surface area contributed by atoms with Crippen LogP contribution >= 0.6 is 0 Å². The van der Waals surface area contributed by atoms with Crippen molar-refractivity contribution in [3.8, 4) is 0 Å². The first-order valence-corrected chi connectivity index (χ1v) is 5.22. The van der Waals surface area contributed by atoms with Crippen molar-refractivity contribution in [1.82, 2.24) is 10.2 Å². The standard InChI is InChI=1S/C11H17N3/c1-10-3-2-4-11(13-9-10)14-7-5-12-6-8-14/h2-3,9,12H,4-8H2,1H3. The van der Waals surface area contributed by atoms with E-state index in [0.717, 1.165) is 32.6 Å². The molecule has 1 saturated heterocycles. The molecule has 0 aromatic heterocycles. The van der Waals surface area contributed by atoms with Crippen molar-refractivity contribution in [1.29, 1.82) is 0 Å². The third-order valence-corrected chi connectivity index (χ3v) is 2.58. The minimum absolute atomic E-state index is 0.966. The maximum atomic E-state index is 4.52. The molecule has 0 bridgehead atoms. The lowest BCUT2D eigenvalue weighted by atomic mass is 10.2. The van der Waals surface area contributed by atoms with Gasteiger partial charge in [0.2, 0.25) is 0 Å². The van der Waals surface area contributed by atoms with Gasteiger partial charge in [0.25, 0.3) is 0 Å². The summed E-state index contributed by atoms with van der Waals surface area (Å²) in [7, 11) is 0. The van der Waals surface area contributed by atoms with Crippen LogP contribution in [0.15, 0.2) is 28.9 Å². The van der Waals surface area contributed by atoms with Gasteiger partial charge in [-0.25, -0.2) is 4.99 Å². The molecule has 0 radical (unpaired) electrons. The highest BCUT2D eigenvalue weighted by atomic mass is 15.2. The Kier molecular flexibility index (Phi) is 2.99. The molecule has 1 fully saturated rings. The number of aliphatic imine (C=N–C) groups is 1. The molecule has 0 saturated carbocycles. The van der Waals surface area contributed by atoms with Crippen LogP contribution in [0.25, 0.3) is 0 Å². The summed E-state index contributed by atoms with van der Waals surface area (Å²) in [5.74, 6) is 1.21. The van der Waals surface area contributed by atoms with E-state index in [1.165, 1.54) is 11.4 Å². The Hall–Kier alpha value is -1.09. The minimum atomic E-state index is 0.966. The van der Waals surface area contributed by atoms with Crippen LogP contribution in [0.2, 0.25) is 0 Å². The fourth-order valence-electron chi connectivity index (χ4n) is 1.76. The number of rotatable bonds is 0. The summed E-state index contributed by atoms with van der Waals surface area (Å²) in [6.07, 6.45) is 7.26. The van der Waals surface area contributed by atoms with E-state index < -0.39 is 0 Å². The minimum Gasteiger partial charge on any atom is -0.357 e. The SMILES string of the molecule is CC1=CN=C(N2CCNCC2)CC=C1. The second kappa shape index (κ2) is 4.42. The highest BCUT2D eigenvalue weighted by molar-refractivity contribution is 5.84. The molecule has 2 aliphatic rings.